The van der Waals surface area contributed by atoms with Gasteiger partial charge in [0.15, 0.2) is 0 Å². The molecule has 1 fully saturated rings. The third-order valence-electron chi connectivity index (χ3n) is 5.68. The maximum Gasteiger partial charge on any atom is 0.295 e. The molecule has 31 heavy (non-hydrogen) atoms. The van der Waals surface area contributed by atoms with Crippen LogP contribution in [0.5, 0.6) is 5.75 Å². The lowest BCUT2D eigenvalue weighted by Crippen LogP contribution is -2.35. The number of amides is 1. The van der Waals surface area contributed by atoms with Crippen molar-refractivity contribution in [2.75, 3.05) is 27.2 Å². The minimum Gasteiger partial charge on any atom is -0.507 e. The second kappa shape index (κ2) is 8.48. The lowest BCUT2D eigenvalue weighted by Gasteiger charge is -2.26. The molecular weight excluding hydrogens is 460 g/mol. The van der Waals surface area contributed by atoms with Crippen molar-refractivity contribution in [3.05, 3.63) is 69.2 Å². The van der Waals surface area contributed by atoms with E-state index in [4.69, 9.17) is 4.74 Å². The highest BCUT2D eigenvalue weighted by Gasteiger charge is 2.46. The topological polar surface area (TPSA) is 70.1 Å². The van der Waals surface area contributed by atoms with Crippen LogP contribution in [0.4, 0.5) is 0 Å². The van der Waals surface area contributed by atoms with Crippen molar-refractivity contribution in [3.63, 3.8) is 0 Å². The Kier molecular flexibility index (Phi) is 5.90. The molecule has 2 aromatic rings. The number of hydrogen-bond acceptors (Lipinski definition) is 5. The summed E-state index contributed by atoms with van der Waals surface area (Å²) in [4.78, 5) is 29.5. The van der Waals surface area contributed by atoms with Crippen LogP contribution in [0.25, 0.3) is 5.76 Å². The molecule has 0 saturated carbocycles. The van der Waals surface area contributed by atoms with Gasteiger partial charge in [0.1, 0.15) is 17.6 Å². The van der Waals surface area contributed by atoms with Crippen LogP contribution < -0.4 is 4.74 Å². The van der Waals surface area contributed by atoms with Gasteiger partial charge in [-0.25, -0.2) is 0 Å². The van der Waals surface area contributed by atoms with Gasteiger partial charge in [-0.3, -0.25) is 9.59 Å². The van der Waals surface area contributed by atoms with Gasteiger partial charge in [0.2, 0.25) is 0 Å². The Morgan fingerprint density at radius 1 is 1.19 bits per heavy atom. The number of likely N-dealkylation sites (tertiary alicyclic amines) is 1. The number of aliphatic hydroxyl groups excluding tert-OH is 1. The van der Waals surface area contributed by atoms with Gasteiger partial charge in [0.05, 0.1) is 11.6 Å². The standard InChI is InChI=1S/C24H25BrN2O4/c1-14-12-17-13-16(6-9-19(17)31-14)22(28)20-21(15-4-7-18(25)8-5-15)27(11-10-26(2)3)24(30)23(20)29/h4-9,13-14,21,28H,10-12H2,1-3H3. The van der Waals surface area contributed by atoms with E-state index in [0.717, 1.165) is 27.8 Å². The smallest absolute Gasteiger partial charge is 0.295 e. The van der Waals surface area contributed by atoms with Gasteiger partial charge in [0, 0.05) is 29.5 Å². The number of likely N-dealkylation sites (N-methyl/N-ethyl adjacent to an activating group) is 1. The van der Waals surface area contributed by atoms with Crippen LogP contribution in [0, 0.1) is 0 Å². The van der Waals surface area contributed by atoms with E-state index in [0.29, 0.717) is 18.7 Å². The van der Waals surface area contributed by atoms with Gasteiger partial charge in [-0.05, 0) is 62.5 Å². The quantitative estimate of drug-likeness (QED) is 0.397. The molecule has 0 aromatic heterocycles. The summed E-state index contributed by atoms with van der Waals surface area (Å²) in [6.45, 7) is 2.97. The summed E-state index contributed by atoms with van der Waals surface area (Å²) in [5.74, 6) is -0.607. The van der Waals surface area contributed by atoms with Gasteiger partial charge < -0.3 is 19.6 Å². The molecule has 0 spiro atoms. The summed E-state index contributed by atoms with van der Waals surface area (Å²) in [7, 11) is 3.83. The van der Waals surface area contributed by atoms with E-state index < -0.39 is 17.7 Å². The zero-order chi connectivity index (χ0) is 22.3. The van der Waals surface area contributed by atoms with Crippen molar-refractivity contribution in [2.45, 2.75) is 25.5 Å². The van der Waals surface area contributed by atoms with E-state index in [1.54, 1.807) is 11.0 Å². The molecule has 1 amide bonds. The molecule has 2 aromatic carbocycles. The Morgan fingerprint density at radius 2 is 1.90 bits per heavy atom. The minimum absolute atomic E-state index is 0.0757. The number of carbonyl (C=O) groups is 2. The third-order valence-corrected chi connectivity index (χ3v) is 6.21. The largest absolute Gasteiger partial charge is 0.507 e. The molecule has 2 aliphatic rings. The molecule has 2 aliphatic heterocycles. The number of ketones is 1. The van der Waals surface area contributed by atoms with Gasteiger partial charge >= 0.3 is 0 Å². The fourth-order valence-corrected chi connectivity index (χ4v) is 4.40. The molecule has 6 nitrogen and oxygen atoms in total. The number of carbonyl (C=O) groups excluding carboxylic acids is 2. The van der Waals surface area contributed by atoms with E-state index >= 15 is 0 Å². The van der Waals surface area contributed by atoms with Crippen LogP contribution >= 0.6 is 15.9 Å². The zero-order valence-electron chi connectivity index (χ0n) is 17.8. The van der Waals surface area contributed by atoms with Crippen molar-refractivity contribution >= 4 is 33.4 Å². The summed E-state index contributed by atoms with van der Waals surface area (Å²) in [6, 6.07) is 12.2. The molecule has 1 saturated heterocycles. The first kappa shape index (κ1) is 21.6. The van der Waals surface area contributed by atoms with Gasteiger partial charge in [-0.15, -0.1) is 0 Å². The Balaban J connectivity index is 1.81. The summed E-state index contributed by atoms with van der Waals surface area (Å²) in [5, 5.41) is 11.2. The monoisotopic (exact) mass is 484 g/mol. The van der Waals surface area contributed by atoms with Crippen LogP contribution in [0.2, 0.25) is 0 Å². The Bertz CT molecular complexity index is 1060. The second-order valence-corrected chi connectivity index (χ2v) is 9.22. The zero-order valence-corrected chi connectivity index (χ0v) is 19.3. The van der Waals surface area contributed by atoms with Crippen LogP contribution in [0.1, 0.15) is 29.7 Å². The number of rotatable bonds is 5. The highest BCUT2D eigenvalue weighted by Crippen LogP contribution is 2.40. The van der Waals surface area contributed by atoms with E-state index in [-0.39, 0.29) is 17.4 Å². The summed E-state index contributed by atoms with van der Waals surface area (Å²) in [5.41, 5.74) is 2.40. The minimum atomic E-state index is -0.658. The van der Waals surface area contributed by atoms with Crippen molar-refractivity contribution in [3.8, 4) is 5.75 Å². The van der Waals surface area contributed by atoms with E-state index in [2.05, 4.69) is 15.9 Å². The fourth-order valence-electron chi connectivity index (χ4n) is 4.13. The third kappa shape index (κ3) is 4.12. The molecule has 2 heterocycles. The lowest BCUT2D eigenvalue weighted by atomic mass is 9.94. The van der Waals surface area contributed by atoms with Gasteiger partial charge in [-0.1, -0.05) is 28.1 Å². The fraction of sp³-hybridized carbons (Fsp3) is 0.333. The van der Waals surface area contributed by atoms with E-state index in [9.17, 15) is 14.7 Å². The van der Waals surface area contributed by atoms with E-state index in [1.165, 1.54) is 0 Å². The van der Waals surface area contributed by atoms with Gasteiger partial charge in [-0.2, -0.15) is 0 Å². The van der Waals surface area contributed by atoms with Crippen LogP contribution in [-0.2, 0) is 16.0 Å². The second-order valence-electron chi connectivity index (χ2n) is 8.30. The molecule has 7 heteroatoms. The maximum absolute atomic E-state index is 13.1. The molecule has 0 bridgehead atoms. The van der Waals surface area contributed by atoms with Crippen molar-refractivity contribution in [1.82, 2.24) is 9.80 Å². The molecular formula is C24H25BrN2O4. The molecule has 0 radical (unpaired) electrons. The molecule has 1 N–H and O–H groups in total. The highest BCUT2D eigenvalue weighted by molar-refractivity contribution is 9.10. The molecule has 162 valence electrons. The van der Waals surface area contributed by atoms with Crippen molar-refractivity contribution < 1.29 is 19.4 Å². The average Bonchev–Trinajstić information content (AvgIpc) is 3.22. The molecule has 0 aliphatic carbocycles. The number of Topliss-reactive ketones (excluding diaryl/α,β-unsaturated/α-hetero) is 1. The number of fused-ring (bicyclic) bond motifs is 1. The maximum atomic E-state index is 13.1. The molecule has 4 rings (SSSR count). The average molecular weight is 485 g/mol. The first-order valence-corrected chi connectivity index (χ1v) is 11.0. The summed E-state index contributed by atoms with van der Waals surface area (Å²) in [6.07, 6.45) is 0.816. The van der Waals surface area contributed by atoms with Gasteiger partial charge in [0.25, 0.3) is 11.7 Å². The SMILES string of the molecule is CC1Cc2cc(C(O)=C3C(=O)C(=O)N(CCN(C)C)C3c3ccc(Br)cc3)ccc2O1. The van der Waals surface area contributed by atoms with E-state index in [1.807, 2.05) is 62.3 Å². The Labute approximate surface area is 190 Å². The van der Waals surface area contributed by atoms with Crippen molar-refractivity contribution in [1.29, 1.82) is 0 Å². The number of ether oxygens (including phenoxy) is 1. The Hall–Kier alpha value is -2.64. The first-order valence-electron chi connectivity index (χ1n) is 10.2. The molecule has 2 unspecified atom stereocenters. The number of benzene rings is 2. The number of aliphatic hydroxyl groups is 1. The molecule has 2 atom stereocenters. The van der Waals surface area contributed by atoms with Crippen LogP contribution in [0.3, 0.4) is 0 Å². The van der Waals surface area contributed by atoms with Crippen LogP contribution in [-0.4, -0.2) is 59.9 Å². The summed E-state index contributed by atoms with van der Waals surface area (Å²) < 4.78 is 6.64. The number of hydrogen-bond donors (Lipinski definition) is 1. The number of nitrogens with zero attached hydrogens (tertiary/aromatic N) is 2. The number of halogens is 1. The van der Waals surface area contributed by atoms with Crippen molar-refractivity contribution in [2.24, 2.45) is 0 Å². The first-order chi connectivity index (χ1) is 14.8. The summed E-state index contributed by atoms with van der Waals surface area (Å²) >= 11 is 3.43. The lowest BCUT2D eigenvalue weighted by molar-refractivity contribution is -0.140. The van der Waals surface area contributed by atoms with Crippen LogP contribution in [0.15, 0.2) is 52.5 Å². The predicted octanol–water partition coefficient (Wildman–Crippen LogP) is 3.76. The predicted molar refractivity (Wildman–Crippen MR) is 122 cm³/mol. The normalized spacial score (nSPS) is 22.2. The highest BCUT2D eigenvalue weighted by atomic mass is 79.9. The Morgan fingerprint density at radius 3 is 2.58 bits per heavy atom.